The maximum absolute atomic E-state index is 13.1. The van der Waals surface area contributed by atoms with Crippen LogP contribution in [0.25, 0.3) is 11.3 Å². The summed E-state index contributed by atoms with van der Waals surface area (Å²) in [5.74, 6) is 2.08. The predicted octanol–water partition coefficient (Wildman–Crippen LogP) is 3.52. The summed E-state index contributed by atoms with van der Waals surface area (Å²) in [6.07, 6.45) is 6.78. The van der Waals surface area contributed by atoms with Crippen LogP contribution in [0, 0.1) is 18.2 Å². The van der Waals surface area contributed by atoms with Gasteiger partial charge in [-0.1, -0.05) is 17.5 Å². The van der Waals surface area contributed by atoms with Crippen molar-refractivity contribution in [3.05, 3.63) is 52.9 Å². The van der Waals surface area contributed by atoms with E-state index in [4.69, 9.17) is 18.0 Å². The van der Waals surface area contributed by atoms with Crippen molar-refractivity contribution in [2.24, 2.45) is 0 Å². The van der Waals surface area contributed by atoms with E-state index in [-0.39, 0.29) is 5.82 Å². The average Bonchev–Trinajstić information content (AvgIpc) is 2.28. The molecule has 1 aromatic heterocycles. The Morgan fingerprint density at radius 3 is 2.62 bits per heavy atom. The van der Waals surface area contributed by atoms with Crippen LogP contribution in [0.5, 0.6) is 0 Å². The Morgan fingerprint density at radius 1 is 1.25 bits per heavy atom. The second-order valence-corrected chi connectivity index (χ2v) is 3.67. The molecular weight excluding hydrogens is 225 g/mol. The van der Waals surface area contributed by atoms with Crippen molar-refractivity contribution in [1.82, 2.24) is 4.98 Å². The molecule has 1 heterocycles. The van der Waals surface area contributed by atoms with Crippen LogP contribution in [-0.4, -0.2) is 4.98 Å². The molecule has 1 aromatic carbocycles. The first-order valence-corrected chi connectivity index (χ1v) is 4.96. The number of nitrogens with zero attached hydrogens (tertiary/aromatic N) is 1. The highest BCUT2D eigenvalue weighted by molar-refractivity contribution is 6.30. The zero-order valence-electron chi connectivity index (χ0n) is 8.24. The van der Waals surface area contributed by atoms with Crippen LogP contribution in [0.4, 0.5) is 4.39 Å². The van der Waals surface area contributed by atoms with Gasteiger partial charge in [0.1, 0.15) is 5.82 Å². The third-order valence-corrected chi connectivity index (χ3v) is 2.31. The molecule has 0 spiro atoms. The van der Waals surface area contributed by atoms with E-state index in [1.54, 1.807) is 24.4 Å². The van der Waals surface area contributed by atoms with Gasteiger partial charge in [-0.2, -0.15) is 0 Å². The van der Waals surface area contributed by atoms with E-state index in [1.807, 2.05) is 0 Å². The lowest BCUT2D eigenvalue weighted by Crippen LogP contribution is -1.86. The van der Waals surface area contributed by atoms with Gasteiger partial charge in [-0.05, 0) is 30.3 Å². The predicted molar refractivity (Wildman–Crippen MR) is 62.6 cm³/mol. The fraction of sp³-hybridized carbons (Fsp3) is 0. The quantitative estimate of drug-likeness (QED) is 0.685. The molecule has 0 fully saturated rings. The molecule has 0 amide bonds. The van der Waals surface area contributed by atoms with Crippen LogP contribution < -0.4 is 0 Å². The minimum atomic E-state index is -0.384. The largest absolute Gasteiger partial charge is 0.255 e. The molecule has 78 valence electrons. The molecule has 0 atom stereocenters. The Kier molecular flexibility index (Phi) is 2.89. The van der Waals surface area contributed by atoms with Crippen LogP contribution in [0.3, 0.4) is 0 Å². The monoisotopic (exact) mass is 231 g/mol. The molecule has 0 saturated heterocycles. The summed E-state index contributed by atoms with van der Waals surface area (Å²) >= 11 is 5.76. The summed E-state index contributed by atoms with van der Waals surface area (Å²) in [7, 11) is 0. The Morgan fingerprint density at radius 2 is 2.06 bits per heavy atom. The highest BCUT2D eigenvalue weighted by atomic mass is 35.5. The molecule has 2 rings (SSSR count). The van der Waals surface area contributed by atoms with Gasteiger partial charge in [0.15, 0.2) is 0 Å². The SMILES string of the molecule is C#Cc1ccc(-c2cc(F)cc(Cl)c2)nc1. The van der Waals surface area contributed by atoms with Gasteiger partial charge in [0.05, 0.1) is 5.69 Å². The van der Waals surface area contributed by atoms with Gasteiger partial charge < -0.3 is 0 Å². The third-order valence-electron chi connectivity index (χ3n) is 2.09. The topological polar surface area (TPSA) is 12.9 Å². The lowest BCUT2D eigenvalue weighted by atomic mass is 10.1. The van der Waals surface area contributed by atoms with Crippen molar-refractivity contribution in [1.29, 1.82) is 0 Å². The third kappa shape index (κ3) is 2.21. The molecule has 0 radical (unpaired) electrons. The zero-order chi connectivity index (χ0) is 11.5. The fourth-order valence-electron chi connectivity index (χ4n) is 1.35. The number of rotatable bonds is 1. The molecule has 1 nitrogen and oxygen atoms in total. The van der Waals surface area contributed by atoms with E-state index >= 15 is 0 Å². The van der Waals surface area contributed by atoms with E-state index in [1.165, 1.54) is 12.1 Å². The van der Waals surface area contributed by atoms with Crippen molar-refractivity contribution in [2.45, 2.75) is 0 Å². The van der Waals surface area contributed by atoms with Crippen molar-refractivity contribution < 1.29 is 4.39 Å². The Bertz CT molecular complexity index is 535. The normalized spacial score (nSPS) is 9.81. The number of hydrogen-bond acceptors (Lipinski definition) is 1. The second kappa shape index (κ2) is 4.34. The Hall–Kier alpha value is -1.85. The molecule has 2 aromatic rings. The summed E-state index contributed by atoms with van der Waals surface area (Å²) in [6, 6.07) is 7.77. The van der Waals surface area contributed by atoms with Crippen LogP contribution in [-0.2, 0) is 0 Å². The number of terminal acetylenes is 1. The number of aromatic nitrogens is 1. The maximum atomic E-state index is 13.1. The molecule has 3 heteroatoms. The first-order valence-electron chi connectivity index (χ1n) is 4.58. The van der Waals surface area contributed by atoms with E-state index in [0.29, 0.717) is 21.8 Å². The van der Waals surface area contributed by atoms with Crippen molar-refractivity contribution in [3.8, 4) is 23.6 Å². The van der Waals surface area contributed by atoms with Gasteiger partial charge in [0, 0.05) is 22.3 Å². The lowest BCUT2D eigenvalue weighted by Gasteiger charge is -2.02. The van der Waals surface area contributed by atoms with Gasteiger partial charge in [-0.15, -0.1) is 6.42 Å². The zero-order valence-corrected chi connectivity index (χ0v) is 9.00. The minimum Gasteiger partial charge on any atom is -0.255 e. The van der Waals surface area contributed by atoms with Crippen LogP contribution >= 0.6 is 11.6 Å². The van der Waals surface area contributed by atoms with E-state index in [2.05, 4.69) is 10.9 Å². The summed E-state index contributed by atoms with van der Waals surface area (Å²) in [5, 5.41) is 0.345. The molecular formula is C13H7ClFN. The molecule has 0 aliphatic heterocycles. The van der Waals surface area contributed by atoms with Crippen molar-refractivity contribution in [3.63, 3.8) is 0 Å². The van der Waals surface area contributed by atoms with Crippen molar-refractivity contribution >= 4 is 11.6 Å². The molecule has 0 N–H and O–H groups in total. The van der Waals surface area contributed by atoms with Gasteiger partial charge in [-0.3, -0.25) is 4.98 Å². The number of halogens is 2. The second-order valence-electron chi connectivity index (χ2n) is 3.23. The fourth-order valence-corrected chi connectivity index (χ4v) is 1.57. The standard InChI is InChI=1S/C13H7ClFN/c1-2-9-3-4-13(16-8-9)10-5-11(14)7-12(15)6-10/h1,3-8H. The molecule has 0 aliphatic carbocycles. The van der Waals surface area contributed by atoms with Crippen molar-refractivity contribution in [2.75, 3.05) is 0 Å². The van der Waals surface area contributed by atoms with E-state index in [9.17, 15) is 4.39 Å². The molecule has 0 unspecified atom stereocenters. The summed E-state index contributed by atoms with van der Waals surface area (Å²) < 4.78 is 13.1. The first kappa shape index (κ1) is 10.7. The highest BCUT2D eigenvalue weighted by Crippen LogP contribution is 2.22. The van der Waals surface area contributed by atoms with E-state index in [0.717, 1.165) is 0 Å². The van der Waals surface area contributed by atoms with Gasteiger partial charge in [-0.25, -0.2) is 4.39 Å². The first-order chi connectivity index (χ1) is 7.69. The van der Waals surface area contributed by atoms with Crippen LogP contribution in [0.1, 0.15) is 5.56 Å². The smallest absolute Gasteiger partial charge is 0.125 e. The van der Waals surface area contributed by atoms with Gasteiger partial charge in [0.25, 0.3) is 0 Å². The number of pyridine rings is 1. The Labute approximate surface area is 97.9 Å². The van der Waals surface area contributed by atoms with E-state index < -0.39 is 0 Å². The minimum absolute atomic E-state index is 0.345. The van der Waals surface area contributed by atoms with Gasteiger partial charge >= 0.3 is 0 Å². The highest BCUT2D eigenvalue weighted by Gasteiger charge is 2.03. The van der Waals surface area contributed by atoms with Crippen LogP contribution in [0.15, 0.2) is 36.5 Å². The summed E-state index contributed by atoms with van der Waals surface area (Å²) in [6.45, 7) is 0. The molecule has 0 aliphatic rings. The molecule has 0 bridgehead atoms. The lowest BCUT2D eigenvalue weighted by molar-refractivity contribution is 0.628. The maximum Gasteiger partial charge on any atom is 0.125 e. The Balaban J connectivity index is 2.47. The number of benzene rings is 1. The molecule has 0 saturated carbocycles. The number of hydrogen-bond donors (Lipinski definition) is 0. The van der Waals surface area contributed by atoms with Gasteiger partial charge in [0.2, 0.25) is 0 Å². The average molecular weight is 232 g/mol. The molecule has 16 heavy (non-hydrogen) atoms. The summed E-state index contributed by atoms with van der Waals surface area (Å²) in [5.41, 5.74) is 1.96. The summed E-state index contributed by atoms with van der Waals surface area (Å²) in [4.78, 5) is 4.13. The van der Waals surface area contributed by atoms with Crippen LogP contribution in [0.2, 0.25) is 5.02 Å².